The van der Waals surface area contributed by atoms with Gasteiger partial charge in [-0.25, -0.2) is 0 Å². The van der Waals surface area contributed by atoms with Crippen molar-refractivity contribution in [2.75, 3.05) is 23.3 Å². The van der Waals surface area contributed by atoms with Crippen LogP contribution in [0.15, 0.2) is 97.1 Å². The molecule has 0 saturated heterocycles. The molecule has 4 aromatic rings. The highest BCUT2D eigenvalue weighted by molar-refractivity contribution is 5.53. The van der Waals surface area contributed by atoms with Crippen LogP contribution in [-0.2, 0) is 13.1 Å². The van der Waals surface area contributed by atoms with Gasteiger partial charge in [-0.1, -0.05) is 68.3 Å². The van der Waals surface area contributed by atoms with Crippen molar-refractivity contribution >= 4 is 11.4 Å². The van der Waals surface area contributed by atoms with Crippen LogP contribution in [0, 0.1) is 0 Å². The first-order valence-corrected chi connectivity index (χ1v) is 13.4. The Balaban J connectivity index is 1.29. The number of unbranched alkanes of at least 4 members (excludes halogenated alkanes) is 1. The Labute approximate surface area is 220 Å². The van der Waals surface area contributed by atoms with E-state index in [2.05, 4.69) is 114 Å². The van der Waals surface area contributed by atoms with E-state index in [1.54, 1.807) is 0 Å². The molecule has 0 atom stereocenters. The number of hydrogen-bond acceptors (Lipinski definition) is 4. The van der Waals surface area contributed by atoms with E-state index in [9.17, 15) is 0 Å². The van der Waals surface area contributed by atoms with Gasteiger partial charge in [0.2, 0.25) is 0 Å². The molecule has 4 heteroatoms. The van der Waals surface area contributed by atoms with Gasteiger partial charge in [0.05, 0.1) is 0 Å². The normalized spacial score (nSPS) is 14.5. The maximum absolute atomic E-state index is 6.14. The monoisotopic (exact) mass is 490 g/mol. The molecule has 37 heavy (non-hydrogen) atoms. The first-order chi connectivity index (χ1) is 18.3. The van der Waals surface area contributed by atoms with Crippen LogP contribution in [-0.4, -0.2) is 13.5 Å². The zero-order valence-electron chi connectivity index (χ0n) is 21.5. The van der Waals surface area contributed by atoms with Crippen LogP contribution in [0.4, 0.5) is 11.4 Å². The van der Waals surface area contributed by atoms with Crippen LogP contribution in [0.2, 0.25) is 0 Å². The Morgan fingerprint density at radius 2 is 1.14 bits per heavy atom. The molecule has 0 amide bonds. The summed E-state index contributed by atoms with van der Waals surface area (Å²) in [4.78, 5) is 4.59. The Morgan fingerprint density at radius 3 is 1.59 bits per heavy atom. The van der Waals surface area contributed by atoms with Gasteiger partial charge in [0, 0.05) is 41.5 Å². The molecule has 6 rings (SSSR count). The molecule has 0 radical (unpaired) electrons. The average molecular weight is 491 g/mol. The van der Waals surface area contributed by atoms with Gasteiger partial charge < -0.3 is 19.3 Å². The van der Waals surface area contributed by atoms with Gasteiger partial charge in [-0.3, -0.25) is 0 Å². The molecule has 2 aliphatic heterocycles. The van der Waals surface area contributed by atoms with Crippen molar-refractivity contribution in [3.63, 3.8) is 0 Å². The van der Waals surface area contributed by atoms with Gasteiger partial charge in [0.25, 0.3) is 0 Å². The molecule has 188 valence electrons. The molecule has 0 bridgehead atoms. The van der Waals surface area contributed by atoms with Crippen LogP contribution in [0.3, 0.4) is 0 Å². The van der Waals surface area contributed by atoms with Gasteiger partial charge in [-0.15, -0.1) is 0 Å². The molecule has 2 aliphatic rings. The summed E-state index contributed by atoms with van der Waals surface area (Å²) in [7, 11) is 0. The minimum absolute atomic E-state index is 0.342. The number of ether oxygens (including phenoxy) is 2. The van der Waals surface area contributed by atoms with Crippen molar-refractivity contribution < 1.29 is 9.47 Å². The molecule has 0 aromatic heterocycles. The highest BCUT2D eigenvalue weighted by atomic mass is 16.5. The predicted octanol–water partition coefficient (Wildman–Crippen LogP) is 7.72. The quantitative estimate of drug-likeness (QED) is 0.265. The summed E-state index contributed by atoms with van der Waals surface area (Å²) in [5.74, 6) is 2.35. The summed E-state index contributed by atoms with van der Waals surface area (Å²) in [6.45, 7) is 5.15. The van der Waals surface area contributed by atoms with Crippen molar-refractivity contribution in [1.29, 1.82) is 0 Å². The fourth-order valence-corrected chi connectivity index (χ4v) is 5.50. The summed E-state index contributed by atoms with van der Waals surface area (Å²) in [6, 6.07) is 34.7. The largest absolute Gasteiger partial charge is 0.473 e. The van der Waals surface area contributed by atoms with Crippen LogP contribution >= 0.6 is 0 Å². The highest BCUT2D eigenvalue weighted by Crippen LogP contribution is 2.38. The van der Waals surface area contributed by atoms with Crippen molar-refractivity contribution in [3.8, 4) is 11.5 Å². The maximum Gasteiger partial charge on any atom is 0.161 e. The number of anilines is 2. The molecule has 0 saturated carbocycles. The molecule has 2 heterocycles. The molecule has 0 N–H and O–H groups in total. The number of rotatable bonds is 7. The Bertz CT molecular complexity index is 1240. The van der Waals surface area contributed by atoms with Gasteiger partial charge in [0.15, 0.2) is 13.5 Å². The van der Waals surface area contributed by atoms with Crippen molar-refractivity contribution in [2.24, 2.45) is 0 Å². The first kappa shape index (κ1) is 23.5. The van der Waals surface area contributed by atoms with Crippen molar-refractivity contribution in [1.82, 2.24) is 0 Å². The molecule has 0 fully saturated rings. The van der Waals surface area contributed by atoms with Crippen LogP contribution in [0.5, 0.6) is 11.5 Å². The van der Waals surface area contributed by atoms with Crippen LogP contribution in [0.25, 0.3) is 0 Å². The fourth-order valence-electron chi connectivity index (χ4n) is 5.50. The van der Waals surface area contributed by atoms with E-state index in [1.165, 1.54) is 46.5 Å². The van der Waals surface area contributed by atoms with E-state index >= 15 is 0 Å². The lowest BCUT2D eigenvalue weighted by Gasteiger charge is -2.32. The zero-order valence-corrected chi connectivity index (χ0v) is 21.5. The topological polar surface area (TPSA) is 24.9 Å². The Morgan fingerprint density at radius 1 is 0.649 bits per heavy atom. The fraction of sp³-hybridized carbons (Fsp3) is 0.273. The second kappa shape index (κ2) is 10.6. The molecule has 4 aromatic carbocycles. The minimum atomic E-state index is 0.342. The van der Waals surface area contributed by atoms with Crippen molar-refractivity contribution in [3.05, 3.63) is 119 Å². The molecule has 0 aliphatic carbocycles. The highest BCUT2D eigenvalue weighted by Gasteiger charge is 2.23. The molecule has 0 spiro atoms. The Hall–Kier alpha value is -3.92. The summed E-state index contributed by atoms with van der Waals surface area (Å²) in [5.41, 5.74) is 7.62. The van der Waals surface area contributed by atoms with Gasteiger partial charge in [0.1, 0.15) is 11.5 Å². The summed E-state index contributed by atoms with van der Waals surface area (Å²) < 4.78 is 12.3. The number of benzene rings is 4. The third-order valence-electron chi connectivity index (χ3n) is 7.54. The minimum Gasteiger partial charge on any atom is -0.473 e. The smallest absolute Gasteiger partial charge is 0.161 e. The molecular formula is C33H34N2O2. The summed E-state index contributed by atoms with van der Waals surface area (Å²) in [6.07, 6.45) is 3.50. The predicted molar refractivity (Wildman–Crippen MR) is 150 cm³/mol. The lowest BCUT2D eigenvalue weighted by atomic mass is 9.85. The second-order valence-corrected chi connectivity index (χ2v) is 10.0. The second-order valence-electron chi connectivity index (χ2n) is 10.0. The van der Waals surface area contributed by atoms with E-state index in [0.29, 0.717) is 19.4 Å². The Kier molecular flexibility index (Phi) is 6.72. The van der Waals surface area contributed by atoms with E-state index in [0.717, 1.165) is 31.0 Å². The zero-order chi connectivity index (χ0) is 25.0. The number of fused-ring (bicyclic) bond motifs is 2. The van der Waals surface area contributed by atoms with Crippen molar-refractivity contribution in [2.45, 2.75) is 45.2 Å². The molecule has 0 unspecified atom stereocenters. The standard InChI is InChI=1S/C33H34N2O2/c1-2-3-14-31(25-15-17-32-27(19-25)21-34(23-36-32)29-10-6-4-7-11-29)26-16-18-33-28(20-26)22-35(24-37-33)30-12-8-5-9-13-30/h4-13,15-20,31H,2-3,14,21-24H2,1H3. The lowest BCUT2D eigenvalue weighted by molar-refractivity contribution is 0.289. The summed E-state index contributed by atoms with van der Waals surface area (Å²) in [5, 5.41) is 0. The van der Waals surface area contributed by atoms with E-state index < -0.39 is 0 Å². The first-order valence-electron chi connectivity index (χ1n) is 13.4. The van der Waals surface area contributed by atoms with Gasteiger partial charge in [-0.05, 0) is 66.1 Å². The average Bonchev–Trinajstić information content (AvgIpc) is 2.97. The SMILES string of the molecule is CCCCC(c1ccc2c(c1)CN(c1ccccc1)CO2)c1ccc2c(c1)CN(c1ccccc1)CO2. The molecular weight excluding hydrogens is 456 g/mol. The lowest BCUT2D eigenvalue weighted by Crippen LogP contribution is -2.32. The summed E-state index contributed by atoms with van der Waals surface area (Å²) >= 11 is 0. The number of hydrogen-bond donors (Lipinski definition) is 0. The van der Waals surface area contributed by atoms with Gasteiger partial charge in [-0.2, -0.15) is 0 Å². The van der Waals surface area contributed by atoms with Gasteiger partial charge >= 0.3 is 0 Å². The third-order valence-corrected chi connectivity index (χ3v) is 7.54. The van der Waals surface area contributed by atoms with E-state index in [4.69, 9.17) is 9.47 Å². The maximum atomic E-state index is 6.14. The van der Waals surface area contributed by atoms with E-state index in [-0.39, 0.29) is 0 Å². The third kappa shape index (κ3) is 5.01. The molecule has 4 nitrogen and oxygen atoms in total. The number of nitrogens with zero attached hydrogens (tertiary/aromatic N) is 2. The number of para-hydroxylation sites is 2. The van der Waals surface area contributed by atoms with Crippen LogP contribution in [0.1, 0.15) is 54.4 Å². The van der Waals surface area contributed by atoms with E-state index in [1.807, 2.05) is 0 Å². The van der Waals surface area contributed by atoms with Crippen LogP contribution < -0.4 is 19.3 Å².